The van der Waals surface area contributed by atoms with E-state index in [1.807, 2.05) is 40.7 Å². The van der Waals surface area contributed by atoms with Crippen LogP contribution in [0.3, 0.4) is 0 Å². The minimum absolute atomic E-state index is 0.114. The smallest absolute Gasteiger partial charge is 0.333 e. The Morgan fingerprint density at radius 2 is 2.05 bits per heavy atom. The predicted molar refractivity (Wildman–Crippen MR) is 75.7 cm³/mol. The highest BCUT2D eigenvalue weighted by Gasteiger charge is 2.37. The summed E-state index contributed by atoms with van der Waals surface area (Å²) in [5, 5.41) is 0. The first-order valence-electron chi connectivity index (χ1n) is 6.68. The summed E-state index contributed by atoms with van der Waals surface area (Å²) >= 11 is 0. The maximum Gasteiger partial charge on any atom is 0.333 e. The van der Waals surface area contributed by atoms with Crippen LogP contribution in [0.4, 0.5) is 0 Å². The molecule has 1 aliphatic carbocycles. The zero-order chi connectivity index (χ0) is 14.8. The molecule has 0 N–H and O–H groups in total. The van der Waals surface area contributed by atoms with E-state index in [1.165, 1.54) is 0 Å². The minimum Gasteiger partial charge on any atom is -0.457 e. The van der Waals surface area contributed by atoms with Gasteiger partial charge in [0.1, 0.15) is 5.60 Å². The van der Waals surface area contributed by atoms with Gasteiger partial charge in [-0.05, 0) is 52.5 Å². The van der Waals surface area contributed by atoms with Crippen molar-refractivity contribution in [3.63, 3.8) is 0 Å². The number of hydrogen-bond acceptors (Lipinski definition) is 3. The minimum atomic E-state index is -0.534. The van der Waals surface area contributed by atoms with Crippen LogP contribution in [0.15, 0.2) is 23.8 Å². The number of hydrogen-bond donors (Lipinski definition) is 0. The molecule has 0 saturated carbocycles. The average Bonchev–Trinajstić information content (AvgIpc) is 2.23. The van der Waals surface area contributed by atoms with Gasteiger partial charge >= 0.3 is 5.97 Å². The highest BCUT2D eigenvalue weighted by atomic mass is 16.6. The molecule has 0 aromatic carbocycles. The molecule has 0 heterocycles. The van der Waals surface area contributed by atoms with E-state index in [0.717, 1.165) is 18.4 Å². The molecule has 1 atom stereocenters. The first-order valence-corrected chi connectivity index (χ1v) is 6.68. The maximum absolute atomic E-state index is 12.2. The highest BCUT2D eigenvalue weighted by Crippen LogP contribution is 2.38. The second-order valence-corrected chi connectivity index (χ2v) is 6.60. The first-order chi connectivity index (χ1) is 8.55. The van der Waals surface area contributed by atoms with Gasteiger partial charge in [0.25, 0.3) is 0 Å². The molecule has 0 aromatic heterocycles. The van der Waals surface area contributed by atoms with Gasteiger partial charge in [-0.1, -0.05) is 19.6 Å². The van der Waals surface area contributed by atoms with Crippen molar-refractivity contribution in [3.05, 3.63) is 23.8 Å². The van der Waals surface area contributed by atoms with E-state index < -0.39 is 17.0 Å². The van der Waals surface area contributed by atoms with Crippen LogP contribution in [0.25, 0.3) is 0 Å². The van der Waals surface area contributed by atoms with E-state index in [-0.39, 0.29) is 5.78 Å². The predicted octanol–water partition coefficient (Wildman–Crippen LogP) is 3.59. The Balaban J connectivity index is 2.74. The SMILES string of the molecule is C=C(CC1(C)CCC=C(C)C1=O)C(=O)OC(C)(C)C. The third-order valence-electron chi connectivity index (χ3n) is 3.34. The lowest BCUT2D eigenvalue weighted by atomic mass is 9.71. The maximum atomic E-state index is 12.2. The largest absolute Gasteiger partial charge is 0.457 e. The molecule has 0 spiro atoms. The molecule has 19 heavy (non-hydrogen) atoms. The number of esters is 1. The topological polar surface area (TPSA) is 43.4 Å². The van der Waals surface area contributed by atoms with E-state index in [2.05, 4.69) is 6.58 Å². The molecule has 0 aliphatic heterocycles. The van der Waals surface area contributed by atoms with Gasteiger partial charge in [0.2, 0.25) is 0 Å². The Hall–Kier alpha value is -1.38. The van der Waals surface area contributed by atoms with E-state index in [1.54, 1.807) is 0 Å². The quantitative estimate of drug-likeness (QED) is 0.578. The van der Waals surface area contributed by atoms with Crippen LogP contribution in [0.1, 0.15) is 53.9 Å². The zero-order valence-corrected chi connectivity index (χ0v) is 12.6. The van der Waals surface area contributed by atoms with Gasteiger partial charge in [0, 0.05) is 11.0 Å². The van der Waals surface area contributed by atoms with Gasteiger partial charge in [-0.3, -0.25) is 4.79 Å². The fourth-order valence-electron chi connectivity index (χ4n) is 2.35. The van der Waals surface area contributed by atoms with Crippen LogP contribution in [0.2, 0.25) is 0 Å². The fraction of sp³-hybridized carbons (Fsp3) is 0.625. The molecular formula is C16H24O3. The van der Waals surface area contributed by atoms with E-state index in [9.17, 15) is 9.59 Å². The van der Waals surface area contributed by atoms with Crippen molar-refractivity contribution in [2.24, 2.45) is 5.41 Å². The van der Waals surface area contributed by atoms with Crippen molar-refractivity contribution in [1.29, 1.82) is 0 Å². The van der Waals surface area contributed by atoms with Crippen molar-refractivity contribution in [3.8, 4) is 0 Å². The van der Waals surface area contributed by atoms with E-state index >= 15 is 0 Å². The Kier molecular flexibility index (Phi) is 4.39. The normalized spacial score (nSPS) is 23.8. The monoisotopic (exact) mass is 264 g/mol. The standard InChI is InChI=1S/C16H24O3/c1-11-8-7-9-16(6,13(11)17)10-12(2)14(18)19-15(3,4)5/h8H,2,7,9-10H2,1,3-6H3. The van der Waals surface area contributed by atoms with Crippen molar-refractivity contribution in [1.82, 2.24) is 0 Å². The molecule has 1 aliphatic rings. The van der Waals surface area contributed by atoms with Crippen molar-refractivity contribution >= 4 is 11.8 Å². The van der Waals surface area contributed by atoms with Gasteiger partial charge in [0.15, 0.2) is 5.78 Å². The Morgan fingerprint density at radius 1 is 1.47 bits per heavy atom. The van der Waals surface area contributed by atoms with Crippen LogP contribution >= 0.6 is 0 Å². The number of rotatable bonds is 3. The molecule has 0 fully saturated rings. The average molecular weight is 264 g/mol. The van der Waals surface area contributed by atoms with Gasteiger partial charge < -0.3 is 4.74 Å². The third-order valence-corrected chi connectivity index (χ3v) is 3.34. The van der Waals surface area contributed by atoms with Crippen LogP contribution in [-0.2, 0) is 14.3 Å². The van der Waals surface area contributed by atoms with Crippen LogP contribution in [0.5, 0.6) is 0 Å². The Labute approximate surface area is 115 Å². The molecule has 3 nitrogen and oxygen atoms in total. The molecule has 0 saturated heterocycles. The summed E-state index contributed by atoms with van der Waals surface area (Å²) in [5.74, 6) is -0.294. The number of carbonyl (C=O) groups is 2. The third kappa shape index (κ3) is 4.05. The molecule has 0 amide bonds. The summed E-state index contributed by atoms with van der Waals surface area (Å²) in [6.07, 6.45) is 3.95. The molecule has 1 unspecified atom stereocenters. The molecule has 0 radical (unpaired) electrons. The van der Waals surface area contributed by atoms with Crippen molar-refractivity contribution in [2.75, 3.05) is 0 Å². The summed E-state index contributed by atoms with van der Waals surface area (Å²) in [6.45, 7) is 13.0. The lowest BCUT2D eigenvalue weighted by Gasteiger charge is -2.32. The van der Waals surface area contributed by atoms with Crippen LogP contribution in [0, 0.1) is 5.41 Å². The number of ketones is 1. The van der Waals surface area contributed by atoms with Crippen LogP contribution < -0.4 is 0 Å². The molecule has 1 rings (SSSR count). The molecule has 0 aromatic rings. The summed E-state index contributed by atoms with van der Waals surface area (Å²) < 4.78 is 5.28. The second-order valence-electron chi connectivity index (χ2n) is 6.60. The van der Waals surface area contributed by atoms with Crippen molar-refractivity contribution in [2.45, 2.75) is 59.5 Å². The summed E-state index contributed by atoms with van der Waals surface area (Å²) in [7, 11) is 0. The number of allylic oxidation sites excluding steroid dienone is 2. The van der Waals surface area contributed by atoms with Crippen molar-refractivity contribution < 1.29 is 14.3 Å². The Morgan fingerprint density at radius 3 is 2.58 bits per heavy atom. The summed E-state index contributed by atoms with van der Waals surface area (Å²) in [6, 6.07) is 0. The zero-order valence-electron chi connectivity index (χ0n) is 12.6. The number of ether oxygens (including phenoxy) is 1. The van der Waals surface area contributed by atoms with Gasteiger partial charge in [0.05, 0.1) is 0 Å². The summed E-state index contributed by atoms with van der Waals surface area (Å²) in [5.41, 5.74) is 0.103. The molecule has 3 heteroatoms. The van der Waals surface area contributed by atoms with Gasteiger partial charge in [-0.2, -0.15) is 0 Å². The molecule has 0 bridgehead atoms. The van der Waals surface area contributed by atoms with Crippen LogP contribution in [-0.4, -0.2) is 17.4 Å². The number of carbonyl (C=O) groups excluding carboxylic acids is 2. The van der Waals surface area contributed by atoms with Gasteiger partial charge in [-0.25, -0.2) is 4.79 Å². The number of Topliss-reactive ketones (excluding diaryl/α,β-unsaturated/α-hetero) is 1. The fourth-order valence-corrected chi connectivity index (χ4v) is 2.35. The molecule has 106 valence electrons. The lowest BCUT2D eigenvalue weighted by molar-refractivity contribution is -0.150. The highest BCUT2D eigenvalue weighted by molar-refractivity contribution is 6.01. The Bertz CT molecular complexity index is 437. The molecular weight excluding hydrogens is 240 g/mol. The lowest BCUT2D eigenvalue weighted by Crippen LogP contribution is -2.33. The van der Waals surface area contributed by atoms with E-state index in [4.69, 9.17) is 4.74 Å². The second kappa shape index (κ2) is 5.32. The van der Waals surface area contributed by atoms with Gasteiger partial charge in [-0.15, -0.1) is 0 Å². The first kappa shape index (κ1) is 15.7. The van der Waals surface area contributed by atoms with E-state index in [0.29, 0.717) is 12.0 Å². The summed E-state index contributed by atoms with van der Waals surface area (Å²) in [4.78, 5) is 24.1.